The summed E-state index contributed by atoms with van der Waals surface area (Å²) in [6.07, 6.45) is 8.06. The smallest absolute Gasteiger partial charge is 0.309 e. The van der Waals surface area contributed by atoms with E-state index in [1.807, 2.05) is 10.7 Å². The molecule has 3 rings (SSSR count). The summed E-state index contributed by atoms with van der Waals surface area (Å²) in [5.41, 5.74) is 0. The van der Waals surface area contributed by atoms with Crippen LogP contribution in [0.3, 0.4) is 0 Å². The third-order valence-electron chi connectivity index (χ3n) is 5.25. The van der Waals surface area contributed by atoms with E-state index < -0.39 is 0 Å². The number of aromatic nitrogens is 2. The summed E-state index contributed by atoms with van der Waals surface area (Å²) in [4.78, 5) is 25.1. The number of likely N-dealkylation sites (tertiary alicyclic amines) is 1. The zero-order valence-electron chi connectivity index (χ0n) is 14.3. The maximum atomic E-state index is 12.4. The second kappa shape index (κ2) is 7.79. The molecule has 1 saturated carbocycles. The van der Waals surface area contributed by atoms with Crippen LogP contribution in [0.4, 0.5) is 5.82 Å². The molecule has 0 aromatic carbocycles. The average Bonchev–Trinajstić information content (AvgIpc) is 3.26. The predicted molar refractivity (Wildman–Crippen MR) is 88.7 cm³/mol. The zero-order chi connectivity index (χ0) is 16.9. The van der Waals surface area contributed by atoms with Gasteiger partial charge in [-0.2, -0.15) is 5.10 Å². The van der Waals surface area contributed by atoms with Crippen molar-refractivity contribution in [3.05, 3.63) is 12.3 Å². The Bertz CT molecular complexity index is 572. The Balaban J connectivity index is 1.48. The lowest BCUT2D eigenvalue weighted by atomic mass is 9.97. The van der Waals surface area contributed by atoms with Gasteiger partial charge in [0.2, 0.25) is 0 Å². The molecule has 1 aromatic rings. The Morgan fingerprint density at radius 3 is 2.67 bits per heavy atom. The van der Waals surface area contributed by atoms with E-state index in [9.17, 15) is 9.59 Å². The first-order chi connectivity index (χ1) is 11.7. The topological polar surface area (TPSA) is 77.7 Å². The van der Waals surface area contributed by atoms with Gasteiger partial charge in [-0.05, 0) is 12.8 Å². The van der Waals surface area contributed by atoms with E-state index in [1.54, 1.807) is 6.20 Å². The van der Waals surface area contributed by atoms with Crippen LogP contribution in [0.5, 0.6) is 0 Å². The molecule has 2 heterocycles. The van der Waals surface area contributed by atoms with Gasteiger partial charge in [0.15, 0.2) is 6.54 Å². The molecule has 0 bridgehead atoms. The SMILES string of the molecule is COC(=O)C1CC[NH+](CC(=O)Nc2ccnn2C2CCCC2)CC1. The molecule has 1 aromatic heterocycles. The fourth-order valence-corrected chi connectivity index (χ4v) is 3.87. The van der Waals surface area contributed by atoms with Gasteiger partial charge in [-0.25, -0.2) is 4.68 Å². The maximum Gasteiger partial charge on any atom is 0.309 e. The number of esters is 1. The minimum atomic E-state index is -0.126. The van der Waals surface area contributed by atoms with Gasteiger partial charge in [0.05, 0.1) is 38.4 Å². The van der Waals surface area contributed by atoms with Crippen molar-refractivity contribution in [1.82, 2.24) is 9.78 Å². The summed E-state index contributed by atoms with van der Waals surface area (Å²) in [6, 6.07) is 2.29. The van der Waals surface area contributed by atoms with Crippen LogP contribution in [0.1, 0.15) is 44.6 Å². The number of methoxy groups -OCH3 is 1. The van der Waals surface area contributed by atoms with Crippen LogP contribution in [0.2, 0.25) is 0 Å². The third-order valence-corrected chi connectivity index (χ3v) is 5.25. The summed E-state index contributed by atoms with van der Waals surface area (Å²) in [5.74, 6) is 0.682. The molecule has 2 aliphatic rings. The van der Waals surface area contributed by atoms with Crippen LogP contribution in [0, 0.1) is 5.92 Å². The molecule has 0 spiro atoms. The van der Waals surface area contributed by atoms with Gasteiger partial charge in [0, 0.05) is 18.9 Å². The van der Waals surface area contributed by atoms with Crippen LogP contribution < -0.4 is 10.2 Å². The molecular formula is C17H27N4O3+. The van der Waals surface area contributed by atoms with Crippen molar-refractivity contribution < 1.29 is 19.2 Å². The molecular weight excluding hydrogens is 308 g/mol. The molecule has 2 N–H and O–H groups in total. The predicted octanol–water partition coefficient (Wildman–Crippen LogP) is 0.405. The molecule has 2 fully saturated rings. The van der Waals surface area contributed by atoms with Crippen molar-refractivity contribution in [2.45, 2.75) is 44.6 Å². The molecule has 0 radical (unpaired) electrons. The van der Waals surface area contributed by atoms with Gasteiger partial charge in [-0.1, -0.05) is 12.8 Å². The van der Waals surface area contributed by atoms with E-state index in [0.29, 0.717) is 12.6 Å². The third kappa shape index (κ3) is 3.95. The number of anilines is 1. The van der Waals surface area contributed by atoms with Crippen LogP contribution in [-0.4, -0.2) is 48.4 Å². The Kier molecular flexibility index (Phi) is 5.50. The number of ether oxygens (including phenoxy) is 1. The monoisotopic (exact) mass is 335 g/mol. The molecule has 1 amide bonds. The van der Waals surface area contributed by atoms with Gasteiger partial charge in [0.25, 0.3) is 5.91 Å². The minimum Gasteiger partial charge on any atom is -0.469 e. The first-order valence-electron chi connectivity index (χ1n) is 8.92. The Labute approximate surface area is 142 Å². The first kappa shape index (κ1) is 17.0. The summed E-state index contributed by atoms with van der Waals surface area (Å²) in [6.45, 7) is 2.09. The van der Waals surface area contributed by atoms with Crippen molar-refractivity contribution in [2.24, 2.45) is 5.92 Å². The van der Waals surface area contributed by atoms with E-state index in [-0.39, 0.29) is 17.8 Å². The highest BCUT2D eigenvalue weighted by Gasteiger charge is 2.29. The summed E-state index contributed by atoms with van der Waals surface area (Å²) < 4.78 is 6.76. The van der Waals surface area contributed by atoms with Gasteiger partial charge in [-0.3, -0.25) is 9.59 Å². The fourth-order valence-electron chi connectivity index (χ4n) is 3.87. The molecule has 0 unspecified atom stereocenters. The van der Waals surface area contributed by atoms with Crippen molar-refractivity contribution in [2.75, 3.05) is 32.1 Å². The number of quaternary nitrogens is 1. The number of nitrogens with one attached hydrogen (secondary N) is 2. The second-order valence-electron chi connectivity index (χ2n) is 6.87. The highest BCUT2D eigenvalue weighted by molar-refractivity contribution is 5.90. The first-order valence-corrected chi connectivity index (χ1v) is 8.92. The second-order valence-corrected chi connectivity index (χ2v) is 6.87. The lowest BCUT2D eigenvalue weighted by molar-refractivity contribution is -0.897. The quantitative estimate of drug-likeness (QED) is 0.764. The summed E-state index contributed by atoms with van der Waals surface area (Å²) in [5, 5.41) is 7.39. The van der Waals surface area contributed by atoms with Crippen molar-refractivity contribution in [3.63, 3.8) is 0 Å². The molecule has 1 saturated heterocycles. The maximum absolute atomic E-state index is 12.4. The van der Waals surface area contributed by atoms with E-state index in [4.69, 9.17) is 4.74 Å². The molecule has 7 heteroatoms. The highest BCUT2D eigenvalue weighted by atomic mass is 16.5. The van der Waals surface area contributed by atoms with Gasteiger partial charge in [0.1, 0.15) is 5.82 Å². The van der Waals surface area contributed by atoms with E-state index in [1.165, 1.54) is 24.9 Å². The van der Waals surface area contributed by atoms with Crippen molar-refractivity contribution >= 4 is 17.7 Å². The van der Waals surface area contributed by atoms with E-state index in [0.717, 1.165) is 44.6 Å². The van der Waals surface area contributed by atoms with Gasteiger partial charge < -0.3 is 15.0 Å². The van der Waals surface area contributed by atoms with E-state index >= 15 is 0 Å². The van der Waals surface area contributed by atoms with Crippen LogP contribution >= 0.6 is 0 Å². The van der Waals surface area contributed by atoms with Crippen molar-refractivity contribution in [3.8, 4) is 0 Å². The van der Waals surface area contributed by atoms with Gasteiger partial charge in [-0.15, -0.1) is 0 Å². The normalized spacial score (nSPS) is 24.7. The molecule has 7 nitrogen and oxygen atoms in total. The number of hydrogen-bond donors (Lipinski definition) is 2. The van der Waals surface area contributed by atoms with Crippen LogP contribution in [0.25, 0.3) is 0 Å². The molecule has 1 aliphatic heterocycles. The zero-order valence-corrected chi connectivity index (χ0v) is 14.3. The number of amides is 1. The largest absolute Gasteiger partial charge is 0.469 e. The Morgan fingerprint density at radius 1 is 1.29 bits per heavy atom. The number of nitrogens with zero attached hydrogens (tertiary/aromatic N) is 2. The van der Waals surface area contributed by atoms with Gasteiger partial charge >= 0.3 is 5.97 Å². The lowest BCUT2D eigenvalue weighted by Gasteiger charge is -2.27. The Hall–Kier alpha value is -1.89. The average molecular weight is 335 g/mol. The number of hydrogen-bond acceptors (Lipinski definition) is 4. The summed E-state index contributed by atoms with van der Waals surface area (Å²) >= 11 is 0. The van der Waals surface area contributed by atoms with Crippen LogP contribution in [0.15, 0.2) is 12.3 Å². The number of carbonyl (C=O) groups excluding carboxylic acids is 2. The molecule has 0 atom stereocenters. The standard InChI is InChI=1S/C17H26N4O3/c1-24-17(23)13-7-10-20(11-8-13)12-16(22)19-15-6-9-18-21(15)14-4-2-3-5-14/h6,9,13-14H,2-5,7-8,10-12H2,1H3,(H,19,22)/p+1. The lowest BCUT2D eigenvalue weighted by Crippen LogP contribution is -3.14. The molecule has 132 valence electrons. The number of rotatable bonds is 5. The summed E-state index contributed by atoms with van der Waals surface area (Å²) in [7, 11) is 1.43. The molecule has 1 aliphatic carbocycles. The highest BCUT2D eigenvalue weighted by Crippen LogP contribution is 2.31. The fraction of sp³-hybridized carbons (Fsp3) is 0.706. The minimum absolute atomic E-state index is 0.00869. The van der Waals surface area contributed by atoms with Crippen LogP contribution in [-0.2, 0) is 14.3 Å². The number of piperidine rings is 1. The van der Waals surface area contributed by atoms with Crippen molar-refractivity contribution in [1.29, 1.82) is 0 Å². The van der Waals surface area contributed by atoms with E-state index in [2.05, 4.69) is 10.4 Å². The molecule has 24 heavy (non-hydrogen) atoms. The number of carbonyl (C=O) groups is 2. The Morgan fingerprint density at radius 2 is 2.00 bits per heavy atom.